The van der Waals surface area contributed by atoms with E-state index in [4.69, 9.17) is 0 Å². The molecule has 0 aromatic rings. The van der Waals surface area contributed by atoms with Crippen LogP contribution in [0.2, 0.25) is 0 Å². The van der Waals surface area contributed by atoms with Crippen molar-refractivity contribution in [2.75, 3.05) is 44.3 Å². The first-order valence-corrected chi connectivity index (χ1v) is 9.17. The predicted octanol–water partition coefficient (Wildman–Crippen LogP) is 1.37. The Kier molecular flexibility index (Phi) is 6.40. The summed E-state index contributed by atoms with van der Waals surface area (Å²) in [6.07, 6.45) is 3.73. The molecule has 0 saturated carbocycles. The average Bonchev–Trinajstić information content (AvgIpc) is 2.28. The van der Waals surface area contributed by atoms with Crippen molar-refractivity contribution >= 4 is 26.0 Å². The van der Waals surface area contributed by atoms with Gasteiger partial charge in [-0.15, -0.1) is 0 Å². The van der Waals surface area contributed by atoms with Gasteiger partial charge in [-0.2, -0.15) is 4.31 Å². The summed E-state index contributed by atoms with van der Waals surface area (Å²) in [5.74, 6) is 0.685. The Hall–Kier alpha value is 0.350. The maximum absolute atomic E-state index is 11.4. The van der Waals surface area contributed by atoms with Crippen LogP contribution in [0, 0.1) is 5.92 Å². The summed E-state index contributed by atoms with van der Waals surface area (Å²) in [7, 11) is -3.00. The highest BCUT2D eigenvalue weighted by atomic mass is 79.9. The molecule has 0 spiro atoms. The second-order valence-electron chi connectivity index (χ2n) is 4.77. The van der Waals surface area contributed by atoms with Gasteiger partial charge in [-0.1, -0.05) is 29.3 Å². The highest BCUT2D eigenvalue weighted by molar-refractivity contribution is 9.09. The van der Waals surface area contributed by atoms with Crippen molar-refractivity contribution in [2.45, 2.75) is 19.8 Å². The Labute approximate surface area is 114 Å². The Morgan fingerprint density at radius 2 is 1.82 bits per heavy atom. The van der Waals surface area contributed by atoms with Gasteiger partial charge in [0.15, 0.2) is 0 Å². The van der Waals surface area contributed by atoms with Gasteiger partial charge >= 0.3 is 0 Å². The summed E-state index contributed by atoms with van der Waals surface area (Å²) in [5, 5.41) is 1.03. The summed E-state index contributed by atoms with van der Waals surface area (Å²) in [5.41, 5.74) is 0. The van der Waals surface area contributed by atoms with Crippen molar-refractivity contribution in [2.24, 2.45) is 5.92 Å². The molecule has 0 bridgehead atoms. The van der Waals surface area contributed by atoms with Gasteiger partial charge in [-0.05, 0) is 12.3 Å². The molecule has 1 fully saturated rings. The molecule has 0 radical (unpaired) electrons. The van der Waals surface area contributed by atoms with Crippen LogP contribution in [0.5, 0.6) is 0 Å². The van der Waals surface area contributed by atoms with Crippen LogP contribution in [0.3, 0.4) is 0 Å². The summed E-state index contributed by atoms with van der Waals surface area (Å²) < 4.78 is 24.3. The number of piperazine rings is 1. The third-order valence-corrected chi connectivity index (χ3v) is 5.45. The first kappa shape index (κ1) is 15.4. The molecule has 1 atom stereocenters. The number of halogens is 1. The van der Waals surface area contributed by atoms with E-state index in [1.807, 2.05) is 0 Å². The molecule has 102 valence electrons. The van der Waals surface area contributed by atoms with E-state index in [0.29, 0.717) is 19.0 Å². The van der Waals surface area contributed by atoms with Crippen molar-refractivity contribution in [3.63, 3.8) is 0 Å². The Morgan fingerprint density at radius 3 is 2.24 bits per heavy atom. The van der Waals surface area contributed by atoms with E-state index in [2.05, 4.69) is 27.8 Å². The quantitative estimate of drug-likeness (QED) is 0.692. The summed E-state index contributed by atoms with van der Waals surface area (Å²) in [4.78, 5) is 2.38. The van der Waals surface area contributed by atoms with E-state index in [1.54, 1.807) is 4.31 Å². The van der Waals surface area contributed by atoms with Gasteiger partial charge in [0, 0.05) is 38.1 Å². The molecule has 17 heavy (non-hydrogen) atoms. The van der Waals surface area contributed by atoms with E-state index in [1.165, 1.54) is 19.1 Å². The molecule has 1 saturated heterocycles. The van der Waals surface area contributed by atoms with Crippen LogP contribution < -0.4 is 0 Å². The zero-order valence-corrected chi connectivity index (χ0v) is 13.1. The fraction of sp³-hybridized carbons (Fsp3) is 1.00. The largest absolute Gasteiger partial charge is 0.300 e. The Balaban J connectivity index is 2.36. The van der Waals surface area contributed by atoms with Gasteiger partial charge < -0.3 is 4.90 Å². The second kappa shape index (κ2) is 7.07. The molecular formula is C11H23BrN2O2S. The summed E-state index contributed by atoms with van der Waals surface area (Å²) in [6.45, 7) is 6.29. The summed E-state index contributed by atoms with van der Waals surface area (Å²) in [6, 6.07) is 0. The minimum Gasteiger partial charge on any atom is -0.300 e. The third kappa shape index (κ3) is 5.24. The Morgan fingerprint density at radius 1 is 1.24 bits per heavy atom. The second-order valence-corrected chi connectivity index (χ2v) is 7.40. The normalized spacial score (nSPS) is 21.6. The number of sulfonamides is 1. The van der Waals surface area contributed by atoms with Crippen LogP contribution in [0.25, 0.3) is 0 Å². The van der Waals surface area contributed by atoms with Gasteiger partial charge in [0.05, 0.1) is 6.26 Å². The topological polar surface area (TPSA) is 40.6 Å². The van der Waals surface area contributed by atoms with Crippen molar-refractivity contribution in [3.05, 3.63) is 0 Å². The van der Waals surface area contributed by atoms with Crippen LogP contribution in [-0.2, 0) is 10.0 Å². The third-order valence-electron chi connectivity index (χ3n) is 3.23. The molecule has 1 rings (SSSR count). The molecule has 1 aliphatic heterocycles. The molecule has 0 N–H and O–H groups in total. The van der Waals surface area contributed by atoms with Crippen molar-refractivity contribution in [1.82, 2.24) is 9.21 Å². The van der Waals surface area contributed by atoms with Gasteiger partial charge in [0.25, 0.3) is 0 Å². The fourth-order valence-corrected chi connectivity index (χ4v) is 3.59. The number of rotatable bonds is 6. The highest BCUT2D eigenvalue weighted by Gasteiger charge is 2.24. The van der Waals surface area contributed by atoms with Gasteiger partial charge in [0.2, 0.25) is 10.0 Å². The number of hydrogen-bond donors (Lipinski definition) is 0. The maximum Gasteiger partial charge on any atom is 0.211 e. The molecule has 1 aliphatic rings. The van der Waals surface area contributed by atoms with E-state index >= 15 is 0 Å². The van der Waals surface area contributed by atoms with E-state index in [-0.39, 0.29) is 0 Å². The van der Waals surface area contributed by atoms with Crippen LogP contribution >= 0.6 is 15.9 Å². The zero-order valence-electron chi connectivity index (χ0n) is 10.7. The van der Waals surface area contributed by atoms with Crippen LogP contribution in [0.15, 0.2) is 0 Å². The smallest absolute Gasteiger partial charge is 0.211 e. The monoisotopic (exact) mass is 326 g/mol. The van der Waals surface area contributed by atoms with Gasteiger partial charge in [-0.25, -0.2) is 8.42 Å². The number of hydrogen-bond acceptors (Lipinski definition) is 3. The molecule has 0 amide bonds. The summed E-state index contributed by atoms with van der Waals surface area (Å²) >= 11 is 3.55. The van der Waals surface area contributed by atoms with Gasteiger partial charge in [0.1, 0.15) is 0 Å². The molecule has 0 aromatic carbocycles. The van der Waals surface area contributed by atoms with Gasteiger partial charge in [-0.3, -0.25) is 0 Å². The zero-order chi connectivity index (χ0) is 12.9. The molecule has 4 nitrogen and oxygen atoms in total. The molecule has 6 heteroatoms. The van der Waals surface area contributed by atoms with Crippen LogP contribution in [-0.4, -0.2) is 61.9 Å². The maximum atomic E-state index is 11.4. The predicted molar refractivity (Wildman–Crippen MR) is 75.0 cm³/mol. The molecule has 1 unspecified atom stereocenters. The number of alkyl halides is 1. The lowest BCUT2D eigenvalue weighted by atomic mass is 10.1. The standard InChI is InChI=1S/C11H23BrN2O2S/c1-3-4-11(9-12)10-13-5-7-14(8-6-13)17(2,15)16/h11H,3-10H2,1-2H3. The number of nitrogens with zero attached hydrogens (tertiary/aromatic N) is 2. The fourth-order valence-electron chi connectivity index (χ4n) is 2.23. The average molecular weight is 327 g/mol. The molecule has 0 aliphatic carbocycles. The van der Waals surface area contributed by atoms with Crippen LogP contribution in [0.4, 0.5) is 0 Å². The first-order chi connectivity index (χ1) is 7.97. The molecule has 0 aromatic heterocycles. The Bertz CT molecular complexity index is 313. The lowest BCUT2D eigenvalue weighted by molar-refractivity contribution is 0.167. The lowest BCUT2D eigenvalue weighted by Crippen LogP contribution is -2.49. The van der Waals surface area contributed by atoms with Crippen molar-refractivity contribution in [3.8, 4) is 0 Å². The molecular weight excluding hydrogens is 304 g/mol. The SMILES string of the molecule is CCCC(CBr)CN1CCN(S(C)(=O)=O)CC1. The van der Waals surface area contributed by atoms with E-state index < -0.39 is 10.0 Å². The lowest BCUT2D eigenvalue weighted by Gasteiger charge is -2.34. The van der Waals surface area contributed by atoms with Crippen molar-refractivity contribution in [1.29, 1.82) is 0 Å². The minimum absolute atomic E-state index is 0.639. The van der Waals surface area contributed by atoms with E-state index in [9.17, 15) is 8.42 Å². The van der Waals surface area contributed by atoms with Crippen LogP contribution in [0.1, 0.15) is 19.8 Å². The highest BCUT2D eigenvalue weighted by Crippen LogP contribution is 2.14. The van der Waals surface area contributed by atoms with Crippen molar-refractivity contribution < 1.29 is 8.42 Å². The minimum atomic E-state index is -3.00. The van der Waals surface area contributed by atoms with E-state index in [0.717, 1.165) is 25.0 Å². The first-order valence-electron chi connectivity index (χ1n) is 6.20. The molecule has 1 heterocycles.